The third-order valence-corrected chi connectivity index (χ3v) is 3.79. The number of alkyl carbamates (subject to hydrolysis) is 1. The van der Waals surface area contributed by atoms with Crippen molar-refractivity contribution in [1.82, 2.24) is 10.6 Å². The van der Waals surface area contributed by atoms with Gasteiger partial charge >= 0.3 is 6.09 Å². The van der Waals surface area contributed by atoms with Crippen LogP contribution in [0.15, 0.2) is 0 Å². The molecule has 1 aliphatic carbocycles. The van der Waals surface area contributed by atoms with Gasteiger partial charge in [0.15, 0.2) is 0 Å². The Morgan fingerprint density at radius 3 is 2.52 bits per heavy atom. The molecule has 0 bridgehead atoms. The summed E-state index contributed by atoms with van der Waals surface area (Å²) in [5, 5.41) is 6.65. The van der Waals surface area contributed by atoms with Gasteiger partial charge < -0.3 is 15.4 Å². The number of rotatable bonds is 6. The minimum absolute atomic E-state index is 0.246. The lowest BCUT2D eigenvalue weighted by Crippen LogP contribution is -2.45. The lowest BCUT2D eigenvalue weighted by molar-refractivity contribution is 0.0488. The SMILES string of the molecule is CC(C)CCCNC1CCCC(NC(=O)OC(C)(C)C)C1. The smallest absolute Gasteiger partial charge is 0.407 e. The highest BCUT2D eigenvalue weighted by atomic mass is 16.6. The van der Waals surface area contributed by atoms with E-state index in [-0.39, 0.29) is 12.1 Å². The molecule has 4 heteroatoms. The second-order valence-corrected chi connectivity index (χ2v) is 7.70. The van der Waals surface area contributed by atoms with Crippen molar-refractivity contribution in [3.63, 3.8) is 0 Å². The van der Waals surface area contributed by atoms with Crippen LogP contribution in [0.25, 0.3) is 0 Å². The molecule has 0 aromatic rings. The van der Waals surface area contributed by atoms with Crippen molar-refractivity contribution >= 4 is 6.09 Å². The molecule has 0 radical (unpaired) electrons. The molecule has 2 atom stereocenters. The van der Waals surface area contributed by atoms with E-state index in [1.807, 2.05) is 20.8 Å². The highest BCUT2D eigenvalue weighted by Gasteiger charge is 2.25. The van der Waals surface area contributed by atoms with Gasteiger partial charge in [-0.25, -0.2) is 4.79 Å². The number of carbonyl (C=O) groups is 1. The molecule has 0 saturated heterocycles. The molecule has 2 N–H and O–H groups in total. The van der Waals surface area contributed by atoms with Crippen LogP contribution in [0.3, 0.4) is 0 Å². The molecule has 1 fully saturated rings. The predicted molar refractivity (Wildman–Crippen MR) is 87.5 cm³/mol. The number of carbonyl (C=O) groups excluding carboxylic acids is 1. The highest BCUT2D eigenvalue weighted by molar-refractivity contribution is 5.68. The zero-order valence-corrected chi connectivity index (χ0v) is 14.5. The molecule has 0 heterocycles. The van der Waals surface area contributed by atoms with Gasteiger partial charge in [0, 0.05) is 12.1 Å². The third kappa shape index (κ3) is 8.97. The molecule has 4 nitrogen and oxygen atoms in total. The number of amides is 1. The lowest BCUT2D eigenvalue weighted by atomic mass is 9.91. The molecule has 2 unspecified atom stereocenters. The van der Waals surface area contributed by atoms with Gasteiger partial charge in [-0.15, -0.1) is 0 Å². The van der Waals surface area contributed by atoms with E-state index >= 15 is 0 Å². The molecule has 1 aliphatic rings. The first-order valence-electron chi connectivity index (χ1n) is 8.49. The van der Waals surface area contributed by atoms with Crippen LogP contribution >= 0.6 is 0 Å². The molecular formula is C17H34N2O2. The fourth-order valence-corrected chi connectivity index (χ4v) is 2.80. The van der Waals surface area contributed by atoms with Crippen LogP contribution < -0.4 is 10.6 Å². The molecule has 0 aliphatic heterocycles. The lowest BCUT2D eigenvalue weighted by Gasteiger charge is -2.31. The van der Waals surface area contributed by atoms with E-state index < -0.39 is 5.60 Å². The van der Waals surface area contributed by atoms with Crippen LogP contribution in [0.1, 0.15) is 73.1 Å². The second-order valence-electron chi connectivity index (χ2n) is 7.70. The van der Waals surface area contributed by atoms with Crippen molar-refractivity contribution in [2.24, 2.45) is 5.92 Å². The first-order valence-corrected chi connectivity index (χ1v) is 8.49. The third-order valence-electron chi connectivity index (χ3n) is 3.79. The van der Waals surface area contributed by atoms with Crippen LogP contribution in [0.5, 0.6) is 0 Å². The normalized spacial score (nSPS) is 23.1. The number of hydrogen-bond acceptors (Lipinski definition) is 3. The van der Waals surface area contributed by atoms with Gasteiger partial charge in [-0.05, 0) is 71.8 Å². The average molecular weight is 298 g/mol. The highest BCUT2D eigenvalue weighted by Crippen LogP contribution is 2.19. The number of hydrogen-bond donors (Lipinski definition) is 2. The molecule has 0 spiro atoms. The van der Waals surface area contributed by atoms with E-state index in [2.05, 4.69) is 24.5 Å². The zero-order valence-electron chi connectivity index (χ0n) is 14.5. The molecule has 0 aromatic heterocycles. The van der Waals surface area contributed by atoms with E-state index in [4.69, 9.17) is 4.74 Å². The Morgan fingerprint density at radius 1 is 1.24 bits per heavy atom. The molecule has 1 saturated carbocycles. The van der Waals surface area contributed by atoms with Crippen LogP contribution in [-0.2, 0) is 4.74 Å². The van der Waals surface area contributed by atoms with Crippen molar-refractivity contribution in [1.29, 1.82) is 0 Å². The summed E-state index contributed by atoms with van der Waals surface area (Å²) in [6.07, 6.45) is 6.69. The summed E-state index contributed by atoms with van der Waals surface area (Å²) in [7, 11) is 0. The Hall–Kier alpha value is -0.770. The summed E-state index contributed by atoms with van der Waals surface area (Å²) < 4.78 is 5.33. The van der Waals surface area contributed by atoms with Crippen LogP contribution in [0, 0.1) is 5.92 Å². The van der Waals surface area contributed by atoms with E-state index in [1.165, 1.54) is 25.7 Å². The van der Waals surface area contributed by atoms with Crippen molar-refractivity contribution in [3.05, 3.63) is 0 Å². The number of nitrogens with one attached hydrogen (secondary N) is 2. The maximum absolute atomic E-state index is 11.8. The summed E-state index contributed by atoms with van der Waals surface area (Å²) in [6.45, 7) is 11.3. The maximum atomic E-state index is 11.8. The van der Waals surface area contributed by atoms with Gasteiger partial charge in [-0.1, -0.05) is 13.8 Å². The summed E-state index contributed by atoms with van der Waals surface area (Å²) in [4.78, 5) is 11.8. The van der Waals surface area contributed by atoms with Crippen LogP contribution in [0.4, 0.5) is 4.79 Å². The first-order chi connectivity index (χ1) is 9.76. The van der Waals surface area contributed by atoms with Gasteiger partial charge in [-0.3, -0.25) is 0 Å². The van der Waals surface area contributed by atoms with Crippen LogP contribution in [0.2, 0.25) is 0 Å². The summed E-state index contributed by atoms with van der Waals surface area (Å²) in [5.41, 5.74) is -0.423. The number of ether oxygens (including phenoxy) is 1. The largest absolute Gasteiger partial charge is 0.444 e. The van der Waals surface area contributed by atoms with Gasteiger partial charge in [0.1, 0.15) is 5.60 Å². The summed E-state index contributed by atoms with van der Waals surface area (Å²) >= 11 is 0. The average Bonchev–Trinajstić information content (AvgIpc) is 2.32. The standard InChI is InChI=1S/C17H34N2O2/c1-13(2)8-7-11-18-14-9-6-10-15(12-14)19-16(20)21-17(3,4)5/h13-15,18H,6-12H2,1-5H3,(H,19,20). The molecule has 124 valence electrons. The molecule has 0 aromatic carbocycles. The Labute approximate surface area is 130 Å². The second kappa shape index (κ2) is 8.62. The van der Waals surface area contributed by atoms with Gasteiger partial charge in [0.25, 0.3) is 0 Å². The predicted octanol–water partition coefficient (Wildman–Crippen LogP) is 3.85. The fraction of sp³-hybridized carbons (Fsp3) is 0.941. The minimum Gasteiger partial charge on any atom is -0.444 e. The van der Waals surface area contributed by atoms with Crippen molar-refractivity contribution in [2.75, 3.05) is 6.54 Å². The first kappa shape index (κ1) is 18.3. The Bertz CT molecular complexity index is 310. The van der Waals surface area contributed by atoms with Gasteiger partial charge in [0.05, 0.1) is 0 Å². The maximum Gasteiger partial charge on any atom is 0.407 e. The summed E-state index contributed by atoms with van der Waals surface area (Å²) in [6, 6.07) is 0.780. The van der Waals surface area contributed by atoms with Crippen molar-refractivity contribution in [2.45, 2.75) is 90.8 Å². The molecule has 21 heavy (non-hydrogen) atoms. The monoisotopic (exact) mass is 298 g/mol. The molecule has 1 amide bonds. The zero-order chi connectivity index (χ0) is 15.9. The van der Waals surface area contributed by atoms with Gasteiger partial charge in [0.2, 0.25) is 0 Å². The van der Waals surface area contributed by atoms with Crippen molar-refractivity contribution in [3.8, 4) is 0 Å². The Kier molecular flexibility index (Phi) is 7.50. The quantitative estimate of drug-likeness (QED) is 0.732. The Balaban J connectivity index is 2.24. The van der Waals surface area contributed by atoms with E-state index in [9.17, 15) is 4.79 Å². The topological polar surface area (TPSA) is 50.4 Å². The fourth-order valence-electron chi connectivity index (χ4n) is 2.80. The van der Waals surface area contributed by atoms with E-state index in [0.29, 0.717) is 6.04 Å². The van der Waals surface area contributed by atoms with E-state index in [1.54, 1.807) is 0 Å². The summed E-state index contributed by atoms with van der Waals surface area (Å²) in [5.74, 6) is 0.778. The Morgan fingerprint density at radius 2 is 1.90 bits per heavy atom. The van der Waals surface area contributed by atoms with Crippen molar-refractivity contribution < 1.29 is 9.53 Å². The van der Waals surface area contributed by atoms with E-state index in [0.717, 1.165) is 25.3 Å². The molecular weight excluding hydrogens is 264 g/mol. The minimum atomic E-state index is -0.423. The molecule has 1 rings (SSSR count). The van der Waals surface area contributed by atoms with Crippen LogP contribution in [-0.4, -0.2) is 30.3 Å². The van der Waals surface area contributed by atoms with Gasteiger partial charge in [-0.2, -0.15) is 0 Å².